The van der Waals surface area contributed by atoms with E-state index in [9.17, 15) is 0 Å². The van der Waals surface area contributed by atoms with Crippen LogP contribution < -0.4 is 0 Å². The highest BCUT2D eigenvalue weighted by atomic mass is 35.5. The summed E-state index contributed by atoms with van der Waals surface area (Å²) < 4.78 is 0. The normalized spacial score (nSPS) is 11.6. The van der Waals surface area contributed by atoms with Gasteiger partial charge in [-0.1, -0.05) is 72.3 Å². The quantitative estimate of drug-likeness (QED) is 0.399. The number of halogens is 1. The molecule has 5 aromatic rings. The van der Waals surface area contributed by atoms with Crippen molar-refractivity contribution in [1.29, 1.82) is 0 Å². The fraction of sp³-hybridized carbons (Fsp3) is 0.0476. The molecule has 0 aliphatic rings. The van der Waals surface area contributed by atoms with Gasteiger partial charge in [0.25, 0.3) is 0 Å². The van der Waals surface area contributed by atoms with Crippen LogP contribution >= 0.6 is 11.6 Å². The molecule has 0 saturated heterocycles. The second kappa shape index (κ2) is 5.57. The highest BCUT2D eigenvalue weighted by molar-refractivity contribution is 6.30. The van der Waals surface area contributed by atoms with E-state index in [1.54, 1.807) is 4.80 Å². The van der Waals surface area contributed by atoms with Crippen LogP contribution in [0.3, 0.4) is 0 Å². The maximum absolute atomic E-state index is 5.97. The van der Waals surface area contributed by atoms with Crippen LogP contribution in [0.2, 0.25) is 5.02 Å². The molecule has 0 amide bonds. The van der Waals surface area contributed by atoms with Gasteiger partial charge in [0, 0.05) is 15.8 Å². The average molecular weight is 344 g/mol. The molecule has 0 atom stereocenters. The van der Waals surface area contributed by atoms with Crippen molar-refractivity contribution in [3.05, 3.63) is 83.4 Å². The highest BCUT2D eigenvalue weighted by Gasteiger charge is 2.13. The fourth-order valence-corrected chi connectivity index (χ4v) is 3.51. The van der Waals surface area contributed by atoms with Crippen LogP contribution in [0, 0.1) is 0 Å². The standard InChI is InChI=1S/C21H14ClN3/c22-15-11-9-14(10-12-15)13-25-23-20-18-7-3-1-5-16(18)17-6-2-4-8-19(17)21(20)24-25/h1-12H,13H2. The highest BCUT2D eigenvalue weighted by Crippen LogP contribution is 2.32. The number of fused-ring (bicyclic) bond motifs is 6. The Kier molecular flexibility index (Phi) is 3.22. The van der Waals surface area contributed by atoms with Crippen molar-refractivity contribution in [1.82, 2.24) is 15.0 Å². The van der Waals surface area contributed by atoms with Gasteiger partial charge in [-0.25, -0.2) is 0 Å². The predicted octanol–water partition coefficient (Wildman–Crippen LogP) is 5.44. The minimum Gasteiger partial charge on any atom is -0.179 e. The Hall–Kier alpha value is -2.91. The minimum absolute atomic E-state index is 0.620. The predicted molar refractivity (Wildman–Crippen MR) is 103 cm³/mol. The van der Waals surface area contributed by atoms with Crippen molar-refractivity contribution in [2.24, 2.45) is 0 Å². The number of hydrogen-bond acceptors (Lipinski definition) is 2. The molecule has 4 heteroatoms. The largest absolute Gasteiger partial charge is 0.179 e. The summed E-state index contributed by atoms with van der Waals surface area (Å²) in [6, 6.07) is 24.6. The summed E-state index contributed by atoms with van der Waals surface area (Å²) in [4.78, 5) is 1.77. The van der Waals surface area contributed by atoms with Crippen LogP contribution in [0.5, 0.6) is 0 Å². The number of benzene rings is 4. The average Bonchev–Trinajstić information content (AvgIpc) is 3.08. The summed E-state index contributed by atoms with van der Waals surface area (Å²) in [5, 5.41) is 15.0. The molecule has 1 aromatic heterocycles. The Morgan fingerprint density at radius 2 is 1.12 bits per heavy atom. The van der Waals surface area contributed by atoms with E-state index in [4.69, 9.17) is 21.8 Å². The van der Waals surface area contributed by atoms with Gasteiger partial charge in [0.2, 0.25) is 0 Å². The summed E-state index contributed by atoms with van der Waals surface area (Å²) >= 11 is 5.97. The van der Waals surface area contributed by atoms with Crippen LogP contribution in [0.25, 0.3) is 32.6 Å². The topological polar surface area (TPSA) is 30.7 Å². The number of nitrogens with zero attached hydrogens (tertiary/aromatic N) is 3. The summed E-state index contributed by atoms with van der Waals surface area (Å²) in [5.74, 6) is 0. The summed E-state index contributed by atoms with van der Waals surface area (Å²) in [5.41, 5.74) is 3.02. The molecule has 5 rings (SSSR count). The van der Waals surface area contributed by atoms with Crippen LogP contribution in [-0.4, -0.2) is 15.0 Å². The lowest BCUT2D eigenvalue weighted by Gasteiger charge is -2.04. The number of aromatic nitrogens is 3. The van der Waals surface area contributed by atoms with E-state index >= 15 is 0 Å². The molecule has 0 aliphatic carbocycles. The fourth-order valence-electron chi connectivity index (χ4n) is 3.38. The molecule has 0 N–H and O–H groups in total. The SMILES string of the molecule is Clc1ccc(Cn2nc3c4ccccc4c4ccccc4c3n2)cc1. The molecule has 0 fully saturated rings. The minimum atomic E-state index is 0.620. The first kappa shape index (κ1) is 14.4. The third kappa shape index (κ3) is 2.36. The van der Waals surface area contributed by atoms with Crippen LogP contribution in [0.15, 0.2) is 72.8 Å². The Morgan fingerprint density at radius 1 is 0.640 bits per heavy atom. The van der Waals surface area contributed by atoms with E-state index in [1.165, 1.54) is 10.8 Å². The van der Waals surface area contributed by atoms with Gasteiger partial charge >= 0.3 is 0 Å². The first-order chi connectivity index (χ1) is 12.3. The lowest BCUT2D eigenvalue weighted by atomic mass is 10.0. The Morgan fingerprint density at radius 3 is 1.64 bits per heavy atom. The molecule has 3 nitrogen and oxygen atoms in total. The molecule has 0 bridgehead atoms. The van der Waals surface area contributed by atoms with Crippen molar-refractivity contribution in [2.45, 2.75) is 6.54 Å². The molecule has 120 valence electrons. The van der Waals surface area contributed by atoms with Crippen LogP contribution in [-0.2, 0) is 6.54 Å². The van der Waals surface area contributed by atoms with E-state index in [2.05, 4.69) is 48.5 Å². The third-order valence-corrected chi connectivity index (χ3v) is 4.80. The van der Waals surface area contributed by atoms with Gasteiger partial charge in [0.05, 0.1) is 6.54 Å². The van der Waals surface area contributed by atoms with Gasteiger partial charge in [0.15, 0.2) is 0 Å². The molecular weight excluding hydrogens is 330 g/mol. The van der Waals surface area contributed by atoms with Crippen LogP contribution in [0.1, 0.15) is 5.56 Å². The van der Waals surface area contributed by atoms with Crippen molar-refractivity contribution >= 4 is 44.2 Å². The Bertz CT molecular complexity index is 1150. The Labute approximate surface area is 149 Å². The number of rotatable bonds is 2. The van der Waals surface area contributed by atoms with Crippen molar-refractivity contribution in [3.63, 3.8) is 0 Å². The molecule has 0 spiro atoms. The van der Waals surface area contributed by atoms with Crippen molar-refractivity contribution < 1.29 is 0 Å². The van der Waals surface area contributed by atoms with Gasteiger partial charge < -0.3 is 0 Å². The maximum atomic E-state index is 5.97. The molecule has 25 heavy (non-hydrogen) atoms. The lowest BCUT2D eigenvalue weighted by molar-refractivity contribution is 0.601. The molecule has 0 saturated carbocycles. The second-order valence-corrected chi connectivity index (χ2v) is 6.58. The number of hydrogen-bond donors (Lipinski definition) is 0. The molecule has 0 unspecified atom stereocenters. The third-order valence-electron chi connectivity index (χ3n) is 4.55. The smallest absolute Gasteiger partial charge is 0.121 e. The van der Waals surface area contributed by atoms with Gasteiger partial charge in [-0.05, 0) is 28.5 Å². The maximum Gasteiger partial charge on any atom is 0.121 e. The van der Waals surface area contributed by atoms with E-state index in [-0.39, 0.29) is 0 Å². The zero-order chi connectivity index (χ0) is 16.8. The van der Waals surface area contributed by atoms with Gasteiger partial charge in [0.1, 0.15) is 11.0 Å². The Balaban J connectivity index is 1.77. The van der Waals surface area contributed by atoms with Crippen molar-refractivity contribution in [2.75, 3.05) is 0 Å². The second-order valence-electron chi connectivity index (χ2n) is 6.15. The van der Waals surface area contributed by atoms with E-state index < -0.39 is 0 Å². The molecule has 1 heterocycles. The summed E-state index contributed by atoms with van der Waals surface area (Å²) in [6.07, 6.45) is 0. The summed E-state index contributed by atoms with van der Waals surface area (Å²) in [7, 11) is 0. The molecular formula is C21H14ClN3. The molecule has 0 aliphatic heterocycles. The van der Waals surface area contributed by atoms with Gasteiger partial charge in [-0.15, -0.1) is 0 Å². The summed E-state index contributed by atoms with van der Waals surface area (Å²) in [6.45, 7) is 0.620. The first-order valence-corrected chi connectivity index (χ1v) is 8.56. The zero-order valence-corrected chi connectivity index (χ0v) is 14.1. The van der Waals surface area contributed by atoms with Gasteiger partial charge in [-0.3, -0.25) is 0 Å². The molecule has 4 aromatic carbocycles. The van der Waals surface area contributed by atoms with Gasteiger partial charge in [-0.2, -0.15) is 15.0 Å². The van der Waals surface area contributed by atoms with E-state index in [0.29, 0.717) is 6.54 Å². The van der Waals surface area contributed by atoms with E-state index in [0.717, 1.165) is 32.4 Å². The van der Waals surface area contributed by atoms with Crippen molar-refractivity contribution in [3.8, 4) is 0 Å². The monoisotopic (exact) mass is 343 g/mol. The molecule has 0 radical (unpaired) electrons. The first-order valence-electron chi connectivity index (χ1n) is 8.18. The lowest BCUT2D eigenvalue weighted by Crippen LogP contribution is -2.03. The zero-order valence-electron chi connectivity index (χ0n) is 13.4. The van der Waals surface area contributed by atoms with E-state index in [1.807, 2.05) is 24.3 Å². The van der Waals surface area contributed by atoms with Crippen LogP contribution in [0.4, 0.5) is 0 Å².